The zero-order valence-electron chi connectivity index (χ0n) is 16.4. The minimum atomic E-state index is -0.887. The Bertz CT molecular complexity index is 1200. The number of methoxy groups -OCH3 is 1. The number of rotatable bonds is 6. The van der Waals surface area contributed by atoms with E-state index >= 15 is 0 Å². The Morgan fingerprint density at radius 1 is 1.07 bits per heavy atom. The average Bonchev–Trinajstić information content (AvgIpc) is 2.77. The highest BCUT2D eigenvalue weighted by atomic mass is 19.1. The molecule has 1 atom stereocenters. The molecule has 0 spiro atoms. The summed E-state index contributed by atoms with van der Waals surface area (Å²) in [7, 11) is 1.58. The van der Waals surface area contributed by atoms with E-state index in [2.05, 4.69) is 4.98 Å². The van der Waals surface area contributed by atoms with E-state index in [1.54, 1.807) is 19.4 Å². The van der Waals surface area contributed by atoms with Crippen LogP contribution in [-0.4, -0.2) is 23.2 Å². The van der Waals surface area contributed by atoms with E-state index in [0.717, 1.165) is 22.1 Å². The summed E-state index contributed by atoms with van der Waals surface area (Å²) < 4.78 is 19.0. The van der Waals surface area contributed by atoms with Crippen LogP contribution in [0.3, 0.4) is 0 Å². The standard InChI is InChI=1S/C25H20FNO3/c1-30-20-4-2-3-16(13-20)14-22(25(28)29)18-7-5-17(6-8-18)21-11-12-27-24-10-9-19(26)15-23(21)24/h2-13,15,22H,14H2,1H3,(H,28,29)/t22-/m1/s1. The maximum Gasteiger partial charge on any atom is 0.311 e. The molecule has 0 fully saturated rings. The maximum absolute atomic E-state index is 13.8. The van der Waals surface area contributed by atoms with Gasteiger partial charge in [-0.15, -0.1) is 0 Å². The van der Waals surface area contributed by atoms with E-state index in [-0.39, 0.29) is 5.82 Å². The van der Waals surface area contributed by atoms with Gasteiger partial charge in [0.05, 0.1) is 18.5 Å². The number of aromatic nitrogens is 1. The number of fused-ring (bicyclic) bond motifs is 1. The van der Waals surface area contributed by atoms with Crippen molar-refractivity contribution in [3.8, 4) is 16.9 Å². The molecule has 3 aromatic carbocycles. The lowest BCUT2D eigenvalue weighted by Gasteiger charge is -2.15. The highest BCUT2D eigenvalue weighted by Crippen LogP contribution is 2.30. The van der Waals surface area contributed by atoms with E-state index in [1.807, 2.05) is 54.6 Å². The lowest BCUT2D eigenvalue weighted by atomic mass is 9.90. The molecule has 4 nitrogen and oxygen atoms in total. The molecule has 0 unspecified atom stereocenters. The number of carboxylic acid groups (broad SMARTS) is 1. The van der Waals surface area contributed by atoms with Crippen molar-refractivity contribution in [2.45, 2.75) is 12.3 Å². The van der Waals surface area contributed by atoms with Gasteiger partial charge in [0.25, 0.3) is 0 Å². The summed E-state index contributed by atoms with van der Waals surface area (Å²) in [5, 5.41) is 10.5. The van der Waals surface area contributed by atoms with Gasteiger partial charge in [0.15, 0.2) is 0 Å². The van der Waals surface area contributed by atoms with Crippen LogP contribution in [0, 0.1) is 5.82 Å². The minimum absolute atomic E-state index is 0.322. The molecule has 1 aromatic heterocycles. The van der Waals surface area contributed by atoms with Crippen molar-refractivity contribution < 1.29 is 19.0 Å². The van der Waals surface area contributed by atoms with Gasteiger partial charge in [0.2, 0.25) is 0 Å². The van der Waals surface area contributed by atoms with Crippen molar-refractivity contribution in [2.24, 2.45) is 0 Å². The molecular formula is C25H20FNO3. The van der Waals surface area contributed by atoms with Crippen molar-refractivity contribution >= 4 is 16.9 Å². The normalized spacial score (nSPS) is 11.9. The minimum Gasteiger partial charge on any atom is -0.497 e. The molecule has 5 heteroatoms. The molecule has 4 rings (SSSR count). The molecule has 0 aliphatic carbocycles. The number of carbonyl (C=O) groups is 1. The number of benzene rings is 3. The Hall–Kier alpha value is -3.73. The van der Waals surface area contributed by atoms with E-state index < -0.39 is 11.9 Å². The Morgan fingerprint density at radius 2 is 1.87 bits per heavy atom. The van der Waals surface area contributed by atoms with Gasteiger partial charge in [0.1, 0.15) is 11.6 Å². The molecule has 0 aliphatic rings. The van der Waals surface area contributed by atoms with E-state index in [1.165, 1.54) is 12.1 Å². The predicted molar refractivity (Wildman–Crippen MR) is 114 cm³/mol. The summed E-state index contributed by atoms with van der Waals surface area (Å²) >= 11 is 0. The number of pyridine rings is 1. The van der Waals surface area contributed by atoms with Gasteiger partial charge < -0.3 is 9.84 Å². The molecule has 4 aromatic rings. The maximum atomic E-state index is 13.8. The lowest BCUT2D eigenvalue weighted by Crippen LogP contribution is -2.14. The van der Waals surface area contributed by atoms with Crippen molar-refractivity contribution in [1.29, 1.82) is 0 Å². The van der Waals surface area contributed by atoms with Crippen molar-refractivity contribution in [2.75, 3.05) is 7.11 Å². The fraction of sp³-hybridized carbons (Fsp3) is 0.120. The topological polar surface area (TPSA) is 59.4 Å². The van der Waals surface area contributed by atoms with E-state index in [0.29, 0.717) is 23.3 Å². The summed E-state index contributed by atoms with van der Waals surface area (Å²) in [6.45, 7) is 0. The van der Waals surface area contributed by atoms with Gasteiger partial charge in [0, 0.05) is 11.6 Å². The van der Waals surface area contributed by atoms with E-state index in [4.69, 9.17) is 4.74 Å². The zero-order chi connectivity index (χ0) is 21.1. The van der Waals surface area contributed by atoms with Crippen LogP contribution in [0.2, 0.25) is 0 Å². The number of hydrogen-bond acceptors (Lipinski definition) is 3. The first-order chi connectivity index (χ1) is 14.5. The second-order valence-corrected chi connectivity index (χ2v) is 7.09. The van der Waals surface area contributed by atoms with Crippen LogP contribution in [0.5, 0.6) is 5.75 Å². The highest BCUT2D eigenvalue weighted by molar-refractivity contribution is 5.94. The van der Waals surface area contributed by atoms with Crippen LogP contribution in [-0.2, 0) is 11.2 Å². The molecular weight excluding hydrogens is 381 g/mol. The zero-order valence-corrected chi connectivity index (χ0v) is 16.4. The summed E-state index contributed by atoms with van der Waals surface area (Å²) in [5.74, 6) is -1.19. The molecule has 0 bridgehead atoms. The van der Waals surface area contributed by atoms with Crippen LogP contribution in [0.15, 0.2) is 79.0 Å². The molecule has 0 saturated carbocycles. The van der Waals surface area contributed by atoms with Crippen molar-refractivity contribution in [3.05, 3.63) is 95.9 Å². The predicted octanol–water partition coefficient (Wildman–Crippen LogP) is 5.46. The molecule has 1 N–H and O–H groups in total. The average molecular weight is 401 g/mol. The molecule has 0 amide bonds. The monoisotopic (exact) mass is 401 g/mol. The Morgan fingerprint density at radius 3 is 2.60 bits per heavy atom. The van der Waals surface area contributed by atoms with Crippen molar-refractivity contribution in [1.82, 2.24) is 4.98 Å². The first kappa shape index (κ1) is 19.6. The third-order valence-corrected chi connectivity index (χ3v) is 5.20. The van der Waals surface area contributed by atoms with Crippen molar-refractivity contribution in [3.63, 3.8) is 0 Å². The first-order valence-electron chi connectivity index (χ1n) is 9.55. The Kier molecular flexibility index (Phi) is 5.44. The van der Waals surface area contributed by atoms with Crippen LogP contribution >= 0.6 is 0 Å². The molecule has 0 radical (unpaired) electrons. The van der Waals surface area contributed by atoms with Gasteiger partial charge in [-0.3, -0.25) is 9.78 Å². The van der Waals surface area contributed by atoms with Crippen LogP contribution in [0.1, 0.15) is 17.0 Å². The molecule has 30 heavy (non-hydrogen) atoms. The SMILES string of the molecule is COc1cccc(C[C@@H](C(=O)O)c2ccc(-c3ccnc4ccc(F)cc34)cc2)c1. The van der Waals surface area contributed by atoms with E-state index in [9.17, 15) is 14.3 Å². The largest absolute Gasteiger partial charge is 0.497 e. The van der Waals surface area contributed by atoms with Crippen LogP contribution in [0.4, 0.5) is 4.39 Å². The summed E-state index contributed by atoms with van der Waals surface area (Å²) in [4.78, 5) is 16.2. The number of nitrogens with zero attached hydrogens (tertiary/aromatic N) is 1. The summed E-state index contributed by atoms with van der Waals surface area (Å²) in [5.41, 5.74) is 4.03. The van der Waals surface area contributed by atoms with Crippen LogP contribution < -0.4 is 4.74 Å². The Balaban J connectivity index is 1.66. The number of ether oxygens (including phenoxy) is 1. The van der Waals surface area contributed by atoms with Gasteiger partial charge in [-0.05, 0) is 65.1 Å². The number of aliphatic carboxylic acids is 1. The third-order valence-electron chi connectivity index (χ3n) is 5.20. The molecule has 150 valence electrons. The third kappa shape index (κ3) is 4.01. The molecule has 0 aliphatic heterocycles. The summed E-state index contributed by atoms with van der Waals surface area (Å²) in [6.07, 6.45) is 2.04. The number of carboxylic acids is 1. The van der Waals surface area contributed by atoms with Gasteiger partial charge in [-0.1, -0.05) is 36.4 Å². The van der Waals surface area contributed by atoms with Crippen LogP contribution in [0.25, 0.3) is 22.0 Å². The number of hydrogen-bond donors (Lipinski definition) is 1. The first-order valence-corrected chi connectivity index (χ1v) is 9.55. The van der Waals surface area contributed by atoms with Gasteiger partial charge >= 0.3 is 5.97 Å². The second kappa shape index (κ2) is 8.33. The lowest BCUT2D eigenvalue weighted by molar-refractivity contribution is -0.138. The Labute approximate surface area is 173 Å². The highest BCUT2D eigenvalue weighted by Gasteiger charge is 2.21. The number of halogens is 1. The molecule has 0 saturated heterocycles. The fourth-order valence-electron chi connectivity index (χ4n) is 3.65. The second-order valence-electron chi connectivity index (χ2n) is 7.09. The van der Waals surface area contributed by atoms with Gasteiger partial charge in [-0.2, -0.15) is 0 Å². The van der Waals surface area contributed by atoms with Gasteiger partial charge in [-0.25, -0.2) is 4.39 Å². The fourth-order valence-corrected chi connectivity index (χ4v) is 3.65. The molecule has 1 heterocycles. The summed E-state index contributed by atoms with van der Waals surface area (Å²) in [6, 6.07) is 21.1. The quantitative estimate of drug-likeness (QED) is 0.466. The smallest absolute Gasteiger partial charge is 0.311 e.